The predicted octanol–water partition coefficient (Wildman–Crippen LogP) is 3.40. The number of amides is 3. The van der Waals surface area contributed by atoms with E-state index in [1.807, 2.05) is 12.3 Å². The Hall–Kier alpha value is -3.23. The van der Waals surface area contributed by atoms with Crippen molar-refractivity contribution in [3.63, 3.8) is 0 Å². The number of nitrogens with one attached hydrogen (secondary N) is 1. The van der Waals surface area contributed by atoms with E-state index >= 15 is 0 Å². The highest BCUT2D eigenvalue weighted by molar-refractivity contribution is 6.05. The van der Waals surface area contributed by atoms with Gasteiger partial charge in [-0.15, -0.1) is 5.10 Å². The van der Waals surface area contributed by atoms with E-state index in [-0.39, 0.29) is 31.4 Å². The van der Waals surface area contributed by atoms with Crippen LogP contribution in [-0.2, 0) is 22.7 Å². The average Bonchev–Trinajstić information content (AvgIpc) is 3.47. The Morgan fingerprint density at radius 2 is 1.84 bits per heavy atom. The monoisotopic (exact) mass is 503 g/mol. The summed E-state index contributed by atoms with van der Waals surface area (Å²) < 4.78 is 8.21. The number of carbonyl (C=O) groups excluding carboxylic acids is 3. The van der Waals surface area contributed by atoms with Crippen molar-refractivity contribution in [2.75, 3.05) is 0 Å². The molecule has 1 N–H and O–H groups in total. The average molecular weight is 504 g/mol. The lowest BCUT2D eigenvalue weighted by molar-refractivity contribution is -0.136. The van der Waals surface area contributed by atoms with Gasteiger partial charge in [0.25, 0.3) is 5.91 Å². The van der Waals surface area contributed by atoms with Crippen LogP contribution < -0.4 is 10.1 Å². The molecule has 2 aliphatic heterocycles. The van der Waals surface area contributed by atoms with Gasteiger partial charge in [0.1, 0.15) is 24.1 Å². The van der Waals surface area contributed by atoms with Gasteiger partial charge in [-0.05, 0) is 87.2 Å². The summed E-state index contributed by atoms with van der Waals surface area (Å²) in [6, 6.07) is 5.09. The number of hydrogen-bond donors (Lipinski definition) is 1. The molecule has 1 saturated heterocycles. The van der Waals surface area contributed by atoms with Gasteiger partial charge in [-0.2, -0.15) is 0 Å². The molecule has 9 nitrogen and oxygen atoms in total. The van der Waals surface area contributed by atoms with Crippen LogP contribution in [0.2, 0.25) is 0 Å². The molecule has 194 valence electrons. The molecule has 1 aromatic heterocycles. The van der Waals surface area contributed by atoms with Crippen molar-refractivity contribution < 1.29 is 19.1 Å². The van der Waals surface area contributed by atoms with Crippen LogP contribution in [0.25, 0.3) is 0 Å². The Balaban J connectivity index is 1.04. The number of carbonyl (C=O) groups is 3. The van der Waals surface area contributed by atoms with E-state index in [2.05, 4.69) is 27.2 Å². The van der Waals surface area contributed by atoms with E-state index in [0.717, 1.165) is 29.0 Å². The predicted molar refractivity (Wildman–Crippen MR) is 132 cm³/mol. The Morgan fingerprint density at radius 3 is 2.54 bits per heavy atom. The maximum absolute atomic E-state index is 13.1. The minimum absolute atomic E-state index is 0.203. The second-order valence-corrected chi connectivity index (χ2v) is 12.1. The first kappa shape index (κ1) is 22.9. The quantitative estimate of drug-likeness (QED) is 0.606. The van der Waals surface area contributed by atoms with Crippen molar-refractivity contribution in [1.82, 2.24) is 25.2 Å². The molecule has 0 spiro atoms. The molecule has 1 aromatic carbocycles. The summed E-state index contributed by atoms with van der Waals surface area (Å²) in [6.45, 7) is 2.86. The second-order valence-electron chi connectivity index (χ2n) is 12.1. The largest absolute Gasteiger partial charge is 0.487 e. The van der Waals surface area contributed by atoms with Crippen molar-refractivity contribution in [3.05, 3.63) is 41.2 Å². The molecular weight excluding hydrogens is 470 g/mol. The van der Waals surface area contributed by atoms with Crippen molar-refractivity contribution in [1.29, 1.82) is 0 Å². The third-order valence-electron chi connectivity index (χ3n) is 9.84. The van der Waals surface area contributed by atoms with Gasteiger partial charge in [-0.3, -0.25) is 19.7 Å². The summed E-state index contributed by atoms with van der Waals surface area (Å²) in [5, 5.41) is 11.3. The van der Waals surface area contributed by atoms with Crippen LogP contribution in [0.3, 0.4) is 0 Å². The highest BCUT2D eigenvalue weighted by Gasteiger charge is 2.53. The fourth-order valence-electron chi connectivity index (χ4n) is 8.38. The first-order chi connectivity index (χ1) is 17.9. The van der Waals surface area contributed by atoms with E-state index in [1.54, 1.807) is 17.0 Å². The molecule has 3 amide bonds. The Kier molecular flexibility index (Phi) is 5.20. The highest BCUT2D eigenvalue weighted by atomic mass is 16.5. The summed E-state index contributed by atoms with van der Waals surface area (Å²) in [6.07, 6.45) is 10.8. The molecule has 2 aromatic rings. The van der Waals surface area contributed by atoms with E-state index in [4.69, 9.17) is 4.74 Å². The van der Waals surface area contributed by atoms with E-state index in [0.29, 0.717) is 29.2 Å². The van der Waals surface area contributed by atoms with E-state index in [1.165, 1.54) is 38.5 Å². The van der Waals surface area contributed by atoms with Crippen LogP contribution in [0, 0.1) is 23.2 Å². The van der Waals surface area contributed by atoms with E-state index in [9.17, 15) is 14.4 Å². The van der Waals surface area contributed by atoms with Crippen LogP contribution in [0.4, 0.5) is 0 Å². The zero-order valence-electron chi connectivity index (χ0n) is 21.2. The number of piperidine rings is 1. The van der Waals surface area contributed by atoms with Gasteiger partial charge in [0.05, 0.1) is 18.8 Å². The zero-order chi connectivity index (χ0) is 25.3. The van der Waals surface area contributed by atoms with Gasteiger partial charge in [-0.25, -0.2) is 4.68 Å². The zero-order valence-corrected chi connectivity index (χ0v) is 21.2. The molecule has 0 radical (unpaired) electrons. The number of ether oxygens (including phenoxy) is 1. The molecule has 2 unspecified atom stereocenters. The number of rotatable bonds is 6. The lowest BCUT2D eigenvalue weighted by atomic mass is 9.48. The number of hydrogen-bond acceptors (Lipinski definition) is 6. The third kappa shape index (κ3) is 3.77. The normalized spacial score (nSPS) is 33.0. The van der Waals surface area contributed by atoms with Gasteiger partial charge < -0.3 is 9.64 Å². The molecule has 3 heterocycles. The maximum atomic E-state index is 13.1. The van der Waals surface area contributed by atoms with Crippen LogP contribution in [-0.4, -0.2) is 43.7 Å². The summed E-state index contributed by atoms with van der Waals surface area (Å²) >= 11 is 0. The molecule has 4 aliphatic carbocycles. The lowest BCUT2D eigenvalue weighted by Gasteiger charge is -2.58. The molecular formula is C28H33N5O4. The minimum atomic E-state index is -0.642. The molecule has 6 aliphatic rings. The van der Waals surface area contributed by atoms with E-state index < -0.39 is 11.9 Å². The minimum Gasteiger partial charge on any atom is -0.487 e. The molecule has 8 rings (SSSR count). The standard InChI is InChI=1S/C28H33N5O4/c1-16(28-10-17-7-18(11-28)9-19(8-17)12-28)33-13-20(30-31-33)15-37-24-4-2-3-21-22(24)14-32(27(21)36)23-5-6-25(34)29-26(23)35/h2-4,13,16-19,23H,5-12,14-15H2,1H3,(H,29,34,35). The first-order valence-electron chi connectivity index (χ1n) is 13.7. The fraction of sp³-hybridized carbons (Fsp3) is 0.607. The second kappa shape index (κ2) is 8.39. The van der Waals surface area contributed by atoms with Gasteiger partial charge in [0, 0.05) is 17.5 Å². The smallest absolute Gasteiger partial charge is 0.255 e. The molecule has 4 bridgehead atoms. The highest BCUT2D eigenvalue weighted by Crippen LogP contribution is 2.63. The van der Waals surface area contributed by atoms with Crippen LogP contribution in [0.5, 0.6) is 5.75 Å². The summed E-state index contributed by atoms with van der Waals surface area (Å²) in [5.74, 6) is 2.38. The molecule has 37 heavy (non-hydrogen) atoms. The Labute approximate surface area is 215 Å². The summed E-state index contributed by atoms with van der Waals surface area (Å²) in [7, 11) is 0. The molecule has 5 fully saturated rings. The van der Waals surface area contributed by atoms with Gasteiger partial charge in [0.15, 0.2) is 0 Å². The number of aromatic nitrogens is 3. The van der Waals surface area contributed by atoms with Gasteiger partial charge >= 0.3 is 0 Å². The van der Waals surface area contributed by atoms with Crippen molar-refractivity contribution in [2.45, 2.75) is 83.5 Å². The Bertz CT molecular complexity index is 1250. The number of fused-ring (bicyclic) bond motifs is 1. The molecule has 2 atom stereocenters. The number of imide groups is 1. The van der Waals surface area contributed by atoms with Gasteiger partial charge in [0.2, 0.25) is 11.8 Å². The van der Waals surface area contributed by atoms with Crippen LogP contribution in [0.1, 0.15) is 85.9 Å². The van der Waals surface area contributed by atoms with Crippen molar-refractivity contribution >= 4 is 17.7 Å². The van der Waals surface area contributed by atoms with Crippen molar-refractivity contribution in [3.8, 4) is 5.75 Å². The molecule has 9 heteroatoms. The van der Waals surface area contributed by atoms with Gasteiger partial charge in [-0.1, -0.05) is 11.3 Å². The molecule has 4 saturated carbocycles. The summed E-state index contributed by atoms with van der Waals surface area (Å²) in [4.78, 5) is 38.5. The topological polar surface area (TPSA) is 106 Å². The summed E-state index contributed by atoms with van der Waals surface area (Å²) in [5.41, 5.74) is 2.43. The van der Waals surface area contributed by atoms with Crippen LogP contribution in [0.15, 0.2) is 24.4 Å². The first-order valence-corrected chi connectivity index (χ1v) is 13.7. The maximum Gasteiger partial charge on any atom is 0.255 e. The SMILES string of the molecule is CC(n1cc(COc2cccc3c2CN(C2CCC(=O)NC2=O)C3=O)nn1)C12CC3CC(CC(C3)C1)C2. The Morgan fingerprint density at radius 1 is 1.11 bits per heavy atom. The third-order valence-corrected chi connectivity index (χ3v) is 9.84. The van der Waals surface area contributed by atoms with Crippen LogP contribution >= 0.6 is 0 Å². The van der Waals surface area contributed by atoms with Crippen molar-refractivity contribution in [2.24, 2.45) is 23.2 Å². The number of benzene rings is 1. The number of nitrogens with zero attached hydrogens (tertiary/aromatic N) is 4. The fourth-order valence-corrected chi connectivity index (χ4v) is 8.38. The lowest BCUT2D eigenvalue weighted by Crippen LogP contribution is -2.52.